The molecule has 0 saturated heterocycles. The number of hydrogen-bond donors (Lipinski definition) is 2. The molecule has 2 unspecified atom stereocenters. The molecule has 0 bridgehead atoms. The molecule has 3 N–H and O–H groups in total. The summed E-state index contributed by atoms with van der Waals surface area (Å²) in [6, 6.07) is 0.379. The summed E-state index contributed by atoms with van der Waals surface area (Å²) in [5.41, 5.74) is 5.67. The number of thioether (sulfide) groups is 1. The summed E-state index contributed by atoms with van der Waals surface area (Å²) in [5, 5.41) is 4.03. The predicted octanol–water partition coefficient (Wildman–Crippen LogP) is 2.69. The molecule has 0 aliphatic heterocycles. The Morgan fingerprint density at radius 1 is 1.26 bits per heavy atom. The van der Waals surface area contributed by atoms with Gasteiger partial charge in [-0.15, -0.1) is 0 Å². The Morgan fingerprint density at radius 3 is 2.63 bits per heavy atom. The van der Waals surface area contributed by atoms with Crippen molar-refractivity contribution in [3.8, 4) is 0 Å². The van der Waals surface area contributed by atoms with E-state index in [0.29, 0.717) is 12.6 Å². The Balaban J connectivity index is 1.91. The van der Waals surface area contributed by atoms with Crippen molar-refractivity contribution in [2.75, 3.05) is 12.8 Å². The zero-order valence-corrected chi connectivity index (χ0v) is 12.9. The molecule has 3 nitrogen and oxygen atoms in total. The second-order valence-corrected chi connectivity index (χ2v) is 7.38. The molecule has 1 amide bonds. The lowest BCUT2D eigenvalue weighted by atomic mass is 9.73. The molecule has 2 rings (SSSR count). The van der Waals surface area contributed by atoms with Crippen LogP contribution in [-0.2, 0) is 4.79 Å². The zero-order valence-electron chi connectivity index (χ0n) is 12.1. The summed E-state index contributed by atoms with van der Waals surface area (Å²) in [4.78, 5) is 12.6. The van der Waals surface area contributed by atoms with Gasteiger partial charge in [0.25, 0.3) is 0 Å². The lowest BCUT2D eigenvalue weighted by Gasteiger charge is -2.37. The highest BCUT2D eigenvalue weighted by Gasteiger charge is 2.39. The van der Waals surface area contributed by atoms with Crippen LogP contribution in [0.2, 0.25) is 0 Å². The fourth-order valence-electron chi connectivity index (χ4n) is 3.58. The van der Waals surface area contributed by atoms with E-state index >= 15 is 0 Å². The van der Waals surface area contributed by atoms with Gasteiger partial charge in [-0.2, -0.15) is 11.8 Å². The van der Waals surface area contributed by atoms with Crippen molar-refractivity contribution in [3.05, 3.63) is 0 Å². The molecule has 4 heteroatoms. The fraction of sp³-hybridized carbons (Fsp3) is 0.933. The molecule has 2 atom stereocenters. The smallest absolute Gasteiger partial charge is 0.227 e. The molecule has 0 aromatic heterocycles. The van der Waals surface area contributed by atoms with Crippen LogP contribution in [0.5, 0.6) is 0 Å². The minimum atomic E-state index is -0.259. The highest BCUT2D eigenvalue weighted by atomic mass is 32.2. The number of nitrogens with one attached hydrogen (secondary N) is 1. The van der Waals surface area contributed by atoms with Crippen molar-refractivity contribution in [1.29, 1.82) is 0 Å². The number of nitrogens with two attached hydrogens (primary N) is 1. The van der Waals surface area contributed by atoms with Gasteiger partial charge in [-0.25, -0.2) is 0 Å². The quantitative estimate of drug-likeness (QED) is 0.834. The molecule has 0 spiro atoms. The molecule has 2 fully saturated rings. The average molecular weight is 284 g/mol. The molecule has 0 heterocycles. The summed E-state index contributed by atoms with van der Waals surface area (Å²) >= 11 is 1.94. The van der Waals surface area contributed by atoms with Crippen molar-refractivity contribution in [2.45, 2.75) is 69.1 Å². The highest BCUT2D eigenvalue weighted by Crippen LogP contribution is 2.36. The van der Waals surface area contributed by atoms with E-state index in [2.05, 4.69) is 11.6 Å². The van der Waals surface area contributed by atoms with E-state index in [1.165, 1.54) is 19.3 Å². The van der Waals surface area contributed by atoms with Crippen LogP contribution < -0.4 is 11.1 Å². The molecule has 2 aliphatic carbocycles. The van der Waals surface area contributed by atoms with Crippen LogP contribution in [-0.4, -0.2) is 30.0 Å². The van der Waals surface area contributed by atoms with Gasteiger partial charge in [0, 0.05) is 17.8 Å². The van der Waals surface area contributed by atoms with Crippen molar-refractivity contribution < 1.29 is 4.79 Å². The van der Waals surface area contributed by atoms with E-state index < -0.39 is 0 Å². The van der Waals surface area contributed by atoms with Gasteiger partial charge in [0.2, 0.25) is 5.91 Å². The van der Waals surface area contributed by atoms with Gasteiger partial charge >= 0.3 is 0 Å². The van der Waals surface area contributed by atoms with Crippen molar-refractivity contribution in [3.63, 3.8) is 0 Å². The van der Waals surface area contributed by atoms with E-state index in [1.54, 1.807) is 0 Å². The molecule has 0 aromatic rings. The summed E-state index contributed by atoms with van der Waals surface area (Å²) in [6.45, 7) is 0.511. The first kappa shape index (κ1) is 15.2. The Morgan fingerprint density at radius 2 is 2.00 bits per heavy atom. The van der Waals surface area contributed by atoms with E-state index in [1.807, 2.05) is 11.8 Å². The van der Waals surface area contributed by atoms with E-state index in [0.717, 1.165) is 43.8 Å². The van der Waals surface area contributed by atoms with Gasteiger partial charge in [0.05, 0.1) is 5.41 Å². The number of carbonyl (C=O) groups excluding carboxylic acids is 1. The lowest BCUT2D eigenvalue weighted by Crippen LogP contribution is -2.51. The first-order valence-electron chi connectivity index (χ1n) is 7.74. The number of carbonyl (C=O) groups is 1. The second-order valence-electron chi connectivity index (χ2n) is 6.24. The predicted molar refractivity (Wildman–Crippen MR) is 82.3 cm³/mol. The molecule has 110 valence electrons. The van der Waals surface area contributed by atoms with Crippen LogP contribution in [0.25, 0.3) is 0 Å². The van der Waals surface area contributed by atoms with Crippen LogP contribution in [0.1, 0.15) is 57.8 Å². The van der Waals surface area contributed by atoms with Gasteiger partial charge in [-0.05, 0) is 38.4 Å². The first-order valence-corrected chi connectivity index (χ1v) is 9.03. The number of hydrogen-bond acceptors (Lipinski definition) is 3. The summed E-state index contributed by atoms with van der Waals surface area (Å²) in [6.07, 6.45) is 12.5. The average Bonchev–Trinajstić information content (AvgIpc) is 2.48. The van der Waals surface area contributed by atoms with E-state index in [9.17, 15) is 4.79 Å². The van der Waals surface area contributed by atoms with Gasteiger partial charge in [0.15, 0.2) is 0 Å². The van der Waals surface area contributed by atoms with Crippen LogP contribution >= 0.6 is 11.8 Å². The maximum Gasteiger partial charge on any atom is 0.227 e. The molecule has 19 heavy (non-hydrogen) atoms. The monoisotopic (exact) mass is 284 g/mol. The van der Waals surface area contributed by atoms with Crippen molar-refractivity contribution >= 4 is 17.7 Å². The standard InChI is InChI=1S/C15H28N2OS/c1-19-13-7-5-6-12(10-13)17-14(18)15(11-16)8-3-2-4-9-15/h12-13H,2-11,16H2,1H3,(H,17,18). The Kier molecular flexibility index (Phi) is 5.58. The molecule has 2 saturated carbocycles. The Bertz CT molecular complexity index is 303. The minimum Gasteiger partial charge on any atom is -0.353 e. The number of amides is 1. The van der Waals surface area contributed by atoms with Crippen LogP contribution in [0, 0.1) is 5.41 Å². The molecular weight excluding hydrogens is 256 g/mol. The maximum absolute atomic E-state index is 12.6. The minimum absolute atomic E-state index is 0.237. The third-order valence-corrected chi connectivity index (χ3v) is 6.07. The highest BCUT2D eigenvalue weighted by molar-refractivity contribution is 7.99. The van der Waals surface area contributed by atoms with Gasteiger partial charge < -0.3 is 11.1 Å². The second kappa shape index (κ2) is 6.98. The molecule has 0 radical (unpaired) electrons. The third kappa shape index (κ3) is 3.66. The largest absolute Gasteiger partial charge is 0.353 e. The Labute approximate surface area is 121 Å². The van der Waals surface area contributed by atoms with Crippen molar-refractivity contribution in [2.24, 2.45) is 11.1 Å². The molecular formula is C15H28N2OS. The molecule has 2 aliphatic rings. The lowest BCUT2D eigenvalue weighted by molar-refractivity contribution is -0.133. The fourth-order valence-corrected chi connectivity index (χ4v) is 4.41. The normalized spacial score (nSPS) is 30.8. The van der Waals surface area contributed by atoms with Gasteiger partial charge in [0.1, 0.15) is 0 Å². The Hall–Kier alpha value is -0.220. The van der Waals surface area contributed by atoms with Gasteiger partial charge in [-0.3, -0.25) is 4.79 Å². The first-order chi connectivity index (χ1) is 9.20. The number of rotatable bonds is 4. The summed E-state index contributed by atoms with van der Waals surface area (Å²) in [5.74, 6) is 0.237. The maximum atomic E-state index is 12.6. The van der Waals surface area contributed by atoms with Crippen molar-refractivity contribution in [1.82, 2.24) is 5.32 Å². The third-order valence-electron chi connectivity index (χ3n) is 4.98. The van der Waals surface area contributed by atoms with Crippen LogP contribution in [0.3, 0.4) is 0 Å². The zero-order chi connectivity index (χ0) is 13.7. The van der Waals surface area contributed by atoms with E-state index in [-0.39, 0.29) is 11.3 Å². The van der Waals surface area contributed by atoms with E-state index in [4.69, 9.17) is 5.73 Å². The SMILES string of the molecule is CSC1CCCC(NC(=O)C2(CN)CCCCC2)C1. The summed E-state index contributed by atoms with van der Waals surface area (Å²) in [7, 11) is 0. The molecule has 0 aromatic carbocycles. The summed E-state index contributed by atoms with van der Waals surface area (Å²) < 4.78 is 0. The topological polar surface area (TPSA) is 55.1 Å². The van der Waals surface area contributed by atoms with Crippen LogP contribution in [0.15, 0.2) is 0 Å². The van der Waals surface area contributed by atoms with Gasteiger partial charge in [-0.1, -0.05) is 25.7 Å². The van der Waals surface area contributed by atoms with Crippen LogP contribution in [0.4, 0.5) is 0 Å².